The maximum atomic E-state index is 12.3. The molecule has 9 heteroatoms. The SMILES string of the molecule is COc1ccc2ncn(-c3cncc(NC4CCN(C(=O)OC(C)(C)C)C4)n3)c2c1. The Kier molecular flexibility index (Phi) is 5.19. The molecular weight excluding hydrogens is 384 g/mol. The molecule has 30 heavy (non-hydrogen) atoms. The lowest BCUT2D eigenvalue weighted by Gasteiger charge is -2.24. The van der Waals surface area contributed by atoms with Crippen LogP contribution < -0.4 is 10.1 Å². The van der Waals surface area contributed by atoms with Gasteiger partial charge in [0.2, 0.25) is 0 Å². The van der Waals surface area contributed by atoms with E-state index in [2.05, 4.69) is 20.3 Å². The van der Waals surface area contributed by atoms with Crippen LogP contribution in [0, 0.1) is 0 Å². The topological polar surface area (TPSA) is 94.4 Å². The number of methoxy groups -OCH3 is 1. The number of hydrogen-bond donors (Lipinski definition) is 1. The highest BCUT2D eigenvalue weighted by Crippen LogP contribution is 2.23. The predicted octanol–water partition coefficient (Wildman–Crippen LogP) is 3.25. The van der Waals surface area contributed by atoms with Gasteiger partial charge in [-0.05, 0) is 39.3 Å². The number of likely N-dealkylation sites (tertiary alicyclic amines) is 1. The molecule has 1 aromatic carbocycles. The van der Waals surface area contributed by atoms with Crippen LogP contribution in [0.1, 0.15) is 27.2 Å². The molecule has 1 amide bonds. The van der Waals surface area contributed by atoms with Crippen molar-refractivity contribution in [2.24, 2.45) is 0 Å². The Morgan fingerprint density at radius 3 is 2.87 bits per heavy atom. The van der Waals surface area contributed by atoms with E-state index >= 15 is 0 Å². The van der Waals surface area contributed by atoms with Crippen molar-refractivity contribution >= 4 is 22.9 Å². The summed E-state index contributed by atoms with van der Waals surface area (Å²) in [7, 11) is 1.63. The highest BCUT2D eigenvalue weighted by molar-refractivity contribution is 5.78. The minimum atomic E-state index is -0.501. The number of carbonyl (C=O) groups excluding carboxylic acids is 1. The second kappa shape index (κ2) is 7.81. The van der Waals surface area contributed by atoms with Crippen molar-refractivity contribution in [1.82, 2.24) is 24.4 Å². The molecule has 1 unspecified atom stereocenters. The van der Waals surface area contributed by atoms with Gasteiger partial charge in [0.05, 0.1) is 30.5 Å². The molecule has 0 aliphatic carbocycles. The first-order chi connectivity index (χ1) is 14.3. The summed E-state index contributed by atoms with van der Waals surface area (Å²) in [6, 6.07) is 5.78. The van der Waals surface area contributed by atoms with Gasteiger partial charge in [0, 0.05) is 25.2 Å². The average Bonchev–Trinajstić information content (AvgIpc) is 3.33. The van der Waals surface area contributed by atoms with E-state index < -0.39 is 5.60 Å². The van der Waals surface area contributed by atoms with E-state index in [-0.39, 0.29) is 12.1 Å². The molecule has 1 saturated heterocycles. The third-order valence-corrected chi connectivity index (χ3v) is 4.82. The van der Waals surface area contributed by atoms with E-state index in [0.29, 0.717) is 24.7 Å². The molecule has 0 radical (unpaired) electrons. The Hall–Kier alpha value is -3.36. The summed E-state index contributed by atoms with van der Waals surface area (Å²) in [6.45, 7) is 6.81. The molecule has 9 nitrogen and oxygen atoms in total. The maximum Gasteiger partial charge on any atom is 0.410 e. The molecule has 0 saturated carbocycles. The van der Waals surface area contributed by atoms with Gasteiger partial charge in [-0.25, -0.2) is 14.8 Å². The Bertz CT molecular complexity index is 1060. The first-order valence-corrected chi connectivity index (χ1v) is 9.90. The van der Waals surface area contributed by atoms with Gasteiger partial charge in [0.25, 0.3) is 0 Å². The van der Waals surface area contributed by atoms with Crippen LogP contribution in [0.2, 0.25) is 0 Å². The summed E-state index contributed by atoms with van der Waals surface area (Å²) in [4.78, 5) is 27.4. The second-order valence-corrected chi connectivity index (χ2v) is 8.29. The Labute approximate surface area is 175 Å². The molecule has 158 valence electrons. The number of aromatic nitrogens is 4. The van der Waals surface area contributed by atoms with Gasteiger partial charge in [-0.3, -0.25) is 9.55 Å². The molecule has 1 aliphatic rings. The van der Waals surface area contributed by atoms with Gasteiger partial charge in [0.15, 0.2) is 5.82 Å². The van der Waals surface area contributed by atoms with Gasteiger partial charge in [-0.1, -0.05) is 0 Å². The Morgan fingerprint density at radius 1 is 1.27 bits per heavy atom. The minimum Gasteiger partial charge on any atom is -0.497 e. The zero-order valence-corrected chi connectivity index (χ0v) is 17.6. The van der Waals surface area contributed by atoms with Crippen molar-refractivity contribution in [2.75, 3.05) is 25.5 Å². The third kappa shape index (κ3) is 4.29. The van der Waals surface area contributed by atoms with Gasteiger partial charge in [-0.2, -0.15) is 0 Å². The van der Waals surface area contributed by atoms with E-state index in [9.17, 15) is 4.79 Å². The zero-order chi connectivity index (χ0) is 21.3. The van der Waals surface area contributed by atoms with Crippen LogP contribution >= 0.6 is 0 Å². The van der Waals surface area contributed by atoms with Crippen molar-refractivity contribution in [1.29, 1.82) is 0 Å². The fraction of sp³-hybridized carbons (Fsp3) is 0.429. The summed E-state index contributed by atoms with van der Waals surface area (Å²) < 4.78 is 12.7. The van der Waals surface area contributed by atoms with Crippen LogP contribution in [0.15, 0.2) is 36.9 Å². The van der Waals surface area contributed by atoms with Crippen LogP contribution in [0.25, 0.3) is 16.9 Å². The van der Waals surface area contributed by atoms with Crippen molar-refractivity contribution in [3.8, 4) is 11.6 Å². The lowest BCUT2D eigenvalue weighted by molar-refractivity contribution is 0.0293. The summed E-state index contributed by atoms with van der Waals surface area (Å²) >= 11 is 0. The molecule has 1 aliphatic heterocycles. The second-order valence-electron chi connectivity index (χ2n) is 8.29. The van der Waals surface area contributed by atoms with E-state index in [0.717, 1.165) is 23.2 Å². The Balaban J connectivity index is 1.48. The van der Waals surface area contributed by atoms with Crippen LogP contribution in [-0.2, 0) is 4.74 Å². The lowest BCUT2D eigenvalue weighted by atomic mass is 10.2. The molecule has 0 spiro atoms. The summed E-state index contributed by atoms with van der Waals surface area (Å²) in [5.41, 5.74) is 1.23. The fourth-order valence-corrected chi connectivity index (χ4v) is 3.42. The third-order valence-electron chi connectivity index (χ3n) is 4.82. The molecular formula is C21H26N6O3. The summed E-state index contributed by atoms with van der Waals surface area (Å²) in [5, 5.41) is 3.38. The van der Waals surface area contributed by atoms with Gasteiger partial charge in [-0.15, -0.1) is 0 Å². The van der Waals surface area contributed by atoms with Crippen LogP contribution in [-0.4, -0.2) is 62.4 Å². The number of nitrogens with one attached hydrogen (secondary N) is 1. The van der Waals surface area contributed by atoms with Crippen LogP contribution in [0.3, 0.4) is 0 Å². The summed E-state index contributed by atoms with van der Waals surface area (Å²) in [6.07, 6.45) is 5.62. The van der Waals surface area contributed by atoms with Gasteiger partial charge < -0.3 is 19.7 Å². The number of rotatable bonds is 4. The number of nitrogens with zero attached hydrogens (tertiary/aromatic N) is 5. The molecule has 1 N–H and O–H groups in total. The number of amides is 1. The van der Waals surface area contributed by atoms with E-state index in [1.807, 2.05) is 43.5 Å². The monoisotopic (exact) mass is 410 g/mol. The van der Waals surface area contributed by atoms with E-state index in [1.54, 1.807) is 30.7 Å². The maximum absolute atomic E-state index is 12.3. The van der Waals surface area contributed by atoms with Crippen LogP contribution in [0.5, 0.6) is 5.75 Å². The summed E-state index contributed by atoms with van der Waals surface area (Å²) in [5.74, 6) is 2.05. The largest absolute Gasteiger partial charge is 0.497 e. The normalized spacial score (nSPS) is 16.7. The molecule has 0 bridgehead atoms. The van der Waals surface area contributed by atoms with Crippen LogP contribution in [0.4, 0.5) is 10.6 Å². The number of hydrogen-bond acceptors (Lipinski definition) is 7. The quantitative estimate of drug-likeness (QED) is 0.705. The number of benzene rings is 1. The fourth-order valence-electron chi connectivity index (χ4n) is 3.42. The molecule has 1 atom stereocenters. The highest BCUT2D eigenvalue weighted by atomic mass is 16.6. The molecule has 3 aromatic rings. The van der Waals surface area contributed by atoms with Gasteiger partial charge >= 0.3 is 6.09 Å². The number of fused-ring (bicyclic) bond motifs is 1. The molecule has 3 heterocycles. The first kappa shape index (κ1) is 19.9. The van der Waals surface area contributed by atoms with Crippen molar-refractivity contribution < 1.29 is 14.3 Å². The zero-order valence-electron chi connectivity index (χ0n) is 17.6. The Morgan fingerprint density at radius 2 is 2.10 bits per heavy atom. The predicted molar refractivity (Wildman–Crippen MR) is 113 cm³/mol. The molecule has 4 rings (SSSR count). The number of carbonyl (C=O) groups is 1. The smallest absolute Gasteiger partial charge is 0.410 e. The highest BCUT2D eigenvalue weighted by Gasteiger charge is 2.30. The first-order valence-electron chi connectivity index (χ1n) is 9.90. The van der Waals surface area contributed by atoms with Crippen molar-refractivity contribution in [2.45, 2.75) is 38.8 Å². The lowest BCUT2D eigenvalue weighted by Crippen LogP contribution is -2.36. The van der Waals surface area contributed by atoms with Crippen molar-refractivity contribution in [3.05, 3.63) is 36.9 Å². The van der Waals surface area contributed by atoms with E-state index in [1.165, 1.54) is 0 Å². The standard InChI is InChI=1S/C21H26N6O3/c1-21(2,3)30-20(28)26-8-7-14(12-26)24-18-10-22-11-19(25-18)27-13-23-16-6-5-15(29-4)9-17(16)27/h5-6,9-11,13-14H,7-8,12H2,1-4H3,(H,24,25). The number of ether oxygens (including phenoxy) is 2. The molecule has 1 fully saturated rings. The minimum absolute atomic E-state index is 0.0849. The molecule has 2 aromatic heterocycles. The van der Waals surface area contributed by atoms with Crippen molar-refractivity contribution in [3.63, 3.8) is 0 Å². The average molecular weight is 410 g/mol. The van der Waals surface area contributed by atoms with E-state index in [4.69, 9.17) is 9.47 Å². The van der Waals surface area contributed by atoms with Gasteiger partial charge in [0.1, 0.15) is 23.5 Å². The number of imidazole rings is 1. The number of anilines is 1.